The molecular formula is C10H12O3S. The second kappa shape index (κ2) is 4.37. The van der Waals surface area contributed by atoms with Gasteiger partial charge in [0, 0.05) is 6.42 Å². The van der Waals surface area contributed by atoms with Crippen molar-refractivity contribution in [2.24, 2.45) is 5.92 Å². The Labute approximate surface area is 86.4 Å². The highest BCUT2D eigenvalue weighted by atomic mass is 32.1. The van der Waals surface area contributed by atoms with E-state index in [0.29, 0.717) is 11.3 Å². The molecule has 1 aromatic rings. The molecule has 0 unspecified atom stereocenters. The van der Waals surface area contributed by atoms with Crippen LogP contribution in [0.5, 0.6) is 0 Å². The minimum atomic E-state index is -1.03. The summed E-state index contributed by atoms with van der Waals surface area (Å²) < 4.78 is 0. The number of thiophene rings is 1. The number of rotatable bonds is 4. The molecule has 3 nitrogen and oxygen atoms in total. The first-order valence-electron chi connectivity index (χ1n) is 4.36. The highest BCUT2D eigenvalue weighted by Gasteiger charge is 2.18. The van der Waals surface area contributed by atoms with Crippen molar-refractivity contribution in [3.8, 4) is 0 Å². The molecule has 1 N–H and O–H groups in total. The zero-order chi connectivity index (χ0) is 10.7. The van der Waals surface area contributed by atoms with Gasteiger partial charge >= 0.3 is 5.97 Å². The summed E-state index contributed by atoms with van der Waals surface area (Å²) in [7, 11) is 0. The topological polar surface area (TPSA) is 54.4 Å². The summed E-state index contributed by atoms with van der Waals surface area (Å²) in [5.41, 5.74) is 0.126. The molecule has 0 saturated heterocycles. The van der Waals surface area contributed by atoms with E-state index >= 15 is 0 Å². The van der Waals surface area contributed by atoms with Gasteiger partial charge in [-0.1, -0.05) is 13.8 Å². The summed E-state index contributed by atoms with van der Waals surface area (Å²) in [4.78, 5) is 22.7. The predicted octanol–water partition coefficient (Wildman–Crippen LogP) is 2.68. The Bertz CT molecular complexity index is 352. The van der Waals surface area contributed by atoms with Crippen LogP contribution in [0.15, 0.2) is 11.4 Å². The van der Waals surface area contributed by atoms with Crippen LogP contribution in [0.3, 0.4) is 0 Å². The molecule has 0 aliphatic heterocycles. The maximum absolute atomic E-state index is 11.6. The predicted molar refractivity (Wildman–Crippen MR) is 55.1 cm³/mol. The minimum Gasteiger partial charge on any atom is -0.478 e. The van der Waals surface area contributed by atoms with Crippen molar-refractivity contribution >= 4 is 23.1 Å². The van der Waals surface area contributed by atoms with Crippen LogP contribution < -0.4 is 0 Å². The van der Waals surface area contributed by atoms with Crippen molar-refractivity contribution in [1.82, 2.24) is 0 Å². The van der Waals surface area contributed by atoms with Gasteiger partial charge in [-0.15, -0.1) is 11.3 Å². The summed E-state index contributed by atoms with van der Waals surface area (Å²) in [6.45, 7) is 3.87. The molecular weight excluding hydrogens is 200 g/mol. The third-order valence-electron chi connectivity index (χ3n) is 1.74. The van der Waals surface area contributed by atoms with Gasteiger partial charge in [-0.2, -0.15) is 0 Å². The fraction of sp³-hybridized carbons (Fsp3) is 0.400. The molecule has 4 heteroatoms. The van der Waals surface area contributed by atoms with Gasteiger partial charge in [0.2, 0.25) is 0 Å². The van der Waals surface area contributed by atoms with E-state index in [9.17, 15) is 9.59 Å². The van der Waals surface area contributed by atoms with E-state index in [0.717, 1.165) is 0 Å². The molecule has 1 aromatic heterocycles. The average molecular weight is 212 g/mol. The lowest BCUT2D eigenvalue weighted by Crippen LogP contribution is -2.07. The number of hydrogen-bond donors (Lipinski definition) is 1. The number of hydrogen-bond acceptors (Lipinski definition) is 3. The highest BCUT2D eigenvalue weighted by molar-refractivity contribution is 7.12. The van der Waals surface area contributed by atoms with Crippen LogP contribution >= 0.6 is 11.3 Å². The van der Waals surface area contributed by atoms with Gasteiger partial charge in [-0.25, -0.2) is 4.79 Å². The highest BCUT2D eigenvalue weighted by Crippen LogP contribution is 2.20. The van der Waals surface area contributed by atoms with Crippen LogP contribution in [-0.4, -0.2) is 16.9 Å². The van der Waals surface area contributed by atoms with E-state index < -0.39 is 5.97 Å². The van der Waals surface area contributed by atoms with Crippen LogP contribution in [0.2, 0.25) is 0 Å². The van der Waals surface area contributed by atoms with E-state index in [4.69, 9.17) is 5.11 Å². The molecule has 0 fully saturated rings. The van der Waals surface area contributed by atoms with E-state index in [1.54, 1.807) is 5.38 Å². The lowest BCUT2D eigenvalue weighted by Gasteiger charge is -2.02. The van der Waals surface area contributed by atoms with Crippen molar-refractivity contribution in [2.45, 2.75) is 20.3 Å². The number of aromatic carboxylic acids is 1. The lowest BCUT2D eigenvalue weighted by atomic mass is 10.0. The molecule has 0 aliphatic carbocycles. The van der Waals surface area contributed by atoms with Crippen LogP contribution in [0, 0.1) is 5.92 Å². The lowest BCUT2D eigenvalue weighted by molar-refractivity contribution is 0.0692. The number of carbonyl (C=O) groups excluding carboxylic acids is 1. The Morgan fingerprint density at radius 2 is 2.14 bits per heavy atom. The first kappa shape index (κ1) is 10.9. The molecule has 0 bridgehead atoms. The van der Waals surface area contributed by atoms with Crippen LogP contribution in [-0.2, 0) is 0 Å². The van der Waals surface area contributed by atoms with E-state index in [1.807, 2.05) is 13.8 Å². The van der Waals surface area contributed by atoms with E-state index in [-0.39, 0.29) is 17.3 Å². The third kappa shape index (κ3) is 2.42. The summed E-state index contributed by atoms with van der Waals surface area (Å²) >= 11 is 1.20. The van der Waals surface area contributed by atoms with Gasteiger partial charge in [0.05, 0.1) is 10.4 Å². The summed E-state index contributed by atoms with van der Waals surface area (Å²) in [5.74, 6) is -0.850. The monoisotopic (exact) mass is 212 g/mol. The first-order valence-corrected chi connectivity index (χ1v) is 5.24. The average Bonchev–Trinajstić information content (AvgIpc) is 2.49. The molecule has 0 spiro atoms. The van der Waals surface area contributed by atoms with Gasteiger partial charge in [0.25, 0.3) is 0 Å². The largest absolute Gasteiger partial charge is 0.478 e. The molecule has 0 aliphatic rings. The molecule has 0 radical (unpaired) electrons. The number of carboxylic acid groups (broad SMARTS) is 1. The maximum atomic E-state index is 11.6. The van der Waals surface area contributed by atoms with Gasteiger partial charge in [0.1, 0.15) is 0 Å². The van der Waals surface area contributed by atoms with Gasteiger partial charge in [-0.05, 0) is 17.4 Å². The molecule has 76 valence electrons. The smallest absolute Gasteiger partial charge is 0.337 e. The van der Waals surface area contributed by atoms with Crippen molar-refractivity contribution in [1.29, 1.82) is 0 Å². The number of carboxylic acids is 1. The molecule has 0 amide bonds. The van der Waals surface area contributed by atoms with Gasteiger partial charge < -0.3 is 5.11 Å². The molecule has 1 heterocycles. The maximum Gasteiger partial charge on any atom is 0.337 e. The summed E-state index contributed by atoms with van der Waals surface area (Å²) in [6.07, 6.45) is 0.404. The number of Topliss-reactive ketones (excluding diaryl/α,β-unsaturated/α-hetero) is 1. The first-order chi connectivity index (χ1) is 6.52. The Morgan fingerprint density at radius 3 is 2.64 bits per heavy atom. The van der Waals surface area contributed by atoms with Crippen LogP contribution in [0.4, 0.5) is 0 Å². The fourth-order valence-corrected chi connectivity index (χ4v) is 1.99. The molecule has 0 saturated carbocycles. The van der Waals surface area contributed by atoms with Gasteiger partial charge in [-0.3, -0.25) is 4.79 Å². The quantitative estimate of drug-likeness (QED) is 0.780. The van der Waals surface area contributed by atoms with Crippen molar-refractivity contribution in [3.63, 3.8) is 0 Å². The second-order valence-electron chi connectivity index (χ2n) is 3.49. The van der Waals surface area contributed by atoms with Crippen molar-refractivity contribution in [2.75, 3.05) is 0 Å². The Balaban J connectivity index is 2.90. The van der Waals surface area contributed by atoms with Gasteiger partial charge in [0.15, 0.2) is 5.78 Å². The fourth-order valence-electron chi connectivity index (χ4n) is 1.16. The van der Waals surface area contributed by atoms with Crippen molar-refractivity contribution in [3.05, 3.63) is 21.9 Å². The Morgan fingerprint density at radius 1 is 1.50 bits per heavy atom. The van der Waals surface area contributed by atoms with Crippen LogP contribution in [0.1, 0.15) is 40.3 Å². The van der Waals surface area contributed by atoms with E-state index in [1.165, 1.54) is 17.4 Å². The van der Waals surface area contributed by atoms with Crippen molar-refractivity contribution < 1.29 is 14.7 Å². The normalized spacial score (nSPS) is 10.5. The Hall–Kier alpha value is -1.16. The molecule has 0 aromatic carbocycles. The zero-order valence-electron chi connectivity index (χ0n) is 8.11. The number of ketones is 1. The van der Waals surface area contributed by atoms with Crippen LogP contribution in [0.25, 0.3) is 0 Å². The molecule has 14 heavy (non-hydrogen) atoms. The summed E-state index contributed by atoms with van der Waals surface area (Å²) in [6, 6.07) is 1.47. The molecule has 0 atom stereocenters. The standard InChI is InChI=1S/C10H12O3S/c1-6(2)5-8(11)9-7(10(12)13)3-4-14-9/h3-4,6H,5H2,1-2H3,(H,12,13). The zero-order valence-corrected chi connectivity index (χ0v) is 8.93. The SMILES string of the molecule is CC(C)CC(=O)c1sccc1C(=O)O. The summed E-state index contributed by atoms with van der Waals surface area (Å²) in [5, 5.41) is 10.4. The third-order valence-corrected chi connectivity index (χ3v) is 2.70. The number of carbonyl (C=O) groups is 2. The second-order valence-corrected chi connectivity index (χ2v) is 4.41. The molecule has 1 rings (SSSR count). The Kier molecular flexibility index (Phi) is 3.41. The van der Waals surface area contributed by atoms with E-state index in [2.05, 4.69) is 0 Å². The minimum absolute atomic E-state index is 0.0765.